The fraction of sp³-hybridized carbons (Fsp3) is 0.526. The van der Waals surface area contributed by atoms with Crippen LogP contribution < -0.4 is 0 Å². The van der Waals surface area contributed by atoms with Crippen molar-refractivity contribution in [2.24, 2.45) is 0 Å². The van der Waals surface area contributed by atoms with Crippen molar-refractivity contribution in [1.82, 2.24) is 15.1 Å². The molecular weight excluding hydrogens is 321 g/mol. The van der Waals surface area contributed by atoms with Gasteiger partial charge in [-0.05, 0) is 42.9 Å². The molecule has 0 aliphatic carbocycles. The normalized spacial score (nSPS) is 16.8. The van der Waals surface area contributed by atoms with E-state index in [4.69, 9.17) is 4.42 Å². The number of piperidine rings is 1. The standard InChI is InChI=1S/C19H24FN3O2/c1-3-14(15-4-6-17(20)7-5-15)12-18(24)23-10-8-16(9-11-23)19-22-21-13(2)25-19/h4-7,14,16H,3,8-12H2,1-2H3. The van der Waals surface area contributed by atoms with Crippen LogP contribution in [0, 0.1) is 12.7 Å². The number of likely N-dealkylation sites (tertiary alicyclic amines) is 1. The van der Waals surface area contributed by atoms with E-state index in [9.17, 15) is 9.18 Å². The summed E-state index contributed by atoms with van der Waals surface area (Å²) in [6.45, 7) is 5.27. The van der Waals surface area contributed by atoms with Crippen LogP contribution in [0.5, 0.6) is 0 Å². The maximum atomic E-state index is 13.1. The van der Waals surface area contributed by atoms with E-state index >= 15 is 0 Å². The van der Waals surface area contributed by atoms with Crippen LogP contribution in [0.2, 0.25) is 0 Å². The van der Waals surface area contributed by atoms with Gasteiger partial charge in [-0.15, -0.1) is 10.2 Å². The fourth-order valence-electron chi connectivity index (χ4n) is 3.43. The molecule has 1 fully saturated rings. The van der Waals surface area contributed by atoms with Crippen molar-refractivity contribution in [3.8, 4) is 0 Å². The second kappa shape index (κ2) is 7.76. The van der Waals surface area contributed by atoms with E-state index in [0.717, 1.165) is 24.8 Å². The summed E-state index contributed by atoms with van der Waals surface area (Å²) in [6, 6.07) is 6.47. The number of nitrogens with zero attached hydrogens (tertiary/aromatic N) is 3. The topological polar surface area (TPSA) is 59.2 Å². The Bertz CT molecular complexity index is 706. The van der Waals surface area contributed by atoms with Crippen molar-refractivity contribution in [2.75, 3.05) is 13.1 Å². The molecule has 5 nitrogen and oxygen atoms in total. The number of amides is 1. The molecule has 1 saturated heterocycles. The Morgan fingerprint density at radius 2 is 1.96 bits per heavy atom. The van der Waals surface area contributed by atoms with E-state index < -0.39 is 0 Å². The molecule has 1 aromatic carbocycles. The second-order valence-electron chi connectivity index (χ2n) is 6.68. The highest BCUT2D eigenvalue weighted by Crippen LogP contribution is 2.29. The van der Waals surface area contributed by atoms with Crippen LogP contribution in [-0.2, 0) is 4.79 Å². The molecule has 134 valence electrons. The maximum Gasteiger partial charge on any atom is 0.223 e. The Morgan fingerprint density at radius 1 is 1.28 bits per heavy atom. The summed E-state index contributed by atoms with van der Waals surface area (Å²) in [4.78, 5) is 14.6. The fourth-order valence-corrected chi connectivity index (χ4v) is 3.43. The van der Waals surface area contributed by atoms with Crippen molar-refractivity contribution in [3.05, 3.63) is 47.4 Å². The van der Waals surface area contributed by atoms with Crippen LogP contribution in [0.25, 0.3) is 0 Å². The number of hydrogen-bond donors (Lipinski definition) is 0. The lowest BCUT2D eigenvalue weighted by Gasteiger charge is -2.31. The highest BCUT2D eigenvalue weighted by atomic mass is 19.1. The first-order chi connectivity index (χ1) is 12.1. The Morgan fingerprint density at radius 3 is 2.52 bits per heavy atom. The van der Waals surface area contributed by atoms with Crippen molar-refractivity contribution in [1.29, 1.82) is 0 Å². The van der Waals surface area contributed by atoms with Gasteiger partial charge >= 0.3 is 0 Å². The predicted molar refractivity (Wildman–Crippen MR) is 91.6 cm³/mol. The summed E-state index contributed by atoms with van der Waals surface area (Å²) in [5.74, 6) is 1.55. The van der Waals surface area contributed by atoms with Crippen molar-refractivity contribution < 1.29 is 13.6 Å². The molecule has 1 unspecified atom stereocenters. The average molecular weight is 345 g/mol. The molecule has 1 amide bonds. The molecule has 1 aliphatic heterocycles. The minimum absolute atomic E-state index is 0.129. The Hall–Kier alpha value is -2.24. The number of hydrogen-bond acceptors (Lipinski definition) is 4. The van der Waals surface area contributed by atoms with Crippen molar-refractivity contribution >= 4 is 5.91 Å². The number of carbonyl (C=O) groups is 1. The number of benzene rings is 1. The smallest absolute Gasteiger partial charge is 0.223 e. The lowest BCUT2D eigenvalue weighted by atomic mass is 9.91. The molecule has 1 atom stereocenters. The van der Waals surface area contributed by atoms with Gasteiger partial charge in [-0.2, -0.15) is 0 Å². The quantitative estimate of drug-likeness (QED) is 0.827. The zero-order valence-corrected chi connectivity index (χ0v) is 14.7. The lowest BCUT2D eigenvalue weighted by Crippen LogP contribution is -2.38. The summed E-state index contributed by atoms with van der Waals surface area (Å²) >= 11 is 0. The minimum Gasteiger partial charge on any atom is -0.425 e. The van der Waals surface area contributed by atoms with Crippen LogP contribution in [-0.4, -0.2) is 34.1 Å². The molecule has 0 saturated carbocycles. The Labute approximate surface area is 147 Å². The summed E-state index contributed by atoms with van der Waals surface area (Å²) in [5.41, 5.74) is 1.02. The molecule has 25 heavy (non-hydrogen) atoms. The molecule has 1 aromatic heterocycles. The molecule has 0 spiro atoms. The van der Waals surface area contributed by atoms with Gasteiger partial charge in [0.2, 0.25) is 17.7 Å². The molecule has 0 N–H and O–H groups in total. The van der Waals surface area contributed by atoms with E-state index in [0.29, 0.717) is 31.3 Å². The molecule has 6 heteroatoms. The highest BCUT2D eigenvalue weighted by Gasteiger charge is 2.28. The van der Waals surface area contributed by atoms with Crippen LogP contribution in [0.1, 0.15) is 61.8 Å². The first-order valence-corrected chi connectivity index (χ1v) is 8.90. The largest absolute Gasteiger partial charge is 0.425 e. The van der Waals surface area contributed by atoms with Crippen LogP contribution in [0.3, 0.4) is 0 Å². The second-order valence-corrected chi connectivity index (χ2v) is 6.68. The molecule has 1 aliphatic rings. The van der Waals surface area contributed by atoms with Gasteiger partial charge in [0.15, 0.2) is 0 Å². The van der Waals surface area contributed by atoms with E-state index in [1.165, 1.54) is 12.1 Å². The first-order valence-electron chi connectivity index (χ1n) is 8.90. The number of aryl methyl sites for hydroxylation is 1. The highest BCUT2D eigenvalue weighted by molar-refractivity contribution is 5.77. The number of carbonyl (C=O) groups excluding carboxylic acids is 1. The van der Waals surface area contributed by atoms with Gasteiger partial charge in [0.05, 0.1) is 0 Å². The van der Waals surface area contributed by atoms with Gasteiger partial charge in [0.1, 0.15) is 5.82 Å². The van der Waals surface area contributed by atoms with Gasteiger partial charge in [-0.3, -0.25) is 4.79 Å². The summed E-state index contributed by atoms with van der Waals surface area (Å²) < 4.78 is 18.6. The van der Waals surface area contributed by atoms with E-state index in [-0.39, 0.29) is 23.6 Å². The number of halogens is 1. The van der Waals surface area contributed by atoms with Crippen LogP contribution >= 0.6 is 0 Å². The third-order valence-corrected chi connectivity index (χ3v) is 4.99. The molecule has 2 aromatic rings. The van der Waals surface area contributed by atoms with Crippen molar-refractivity contribution in [3.63, 3.8) is 0 Å². The molecule has 3 rings (SSSR count). The summed E-state index contributed by atoms with van der Waals surface area (Å²) in [7, 11) is 0. The first kappa shape index (κ1) is 17.6. The van der Waals surface area contributed by atoms with E-state index in [2.05, 4.69) is 17.1 Å². The van der Waals surface area contributed by atoms with Gasteiger partial charge in [0.25, 0.3) is 0 Å². The molecule has 2 heterocycles. The van der Waals surface area contributed by atoms with Gasteiger partial charge in [0, 0.05) is 32.4 Å². The molecule has 0 bridgehead atoms. The SMILES string of the molecule is CCC(CC(=O)N1CCC(c2nnc(C)o2)CC1)c1ccc(F)cc1. The molecule has 0 radical (unpaired) electrons. The van der Waals surface area contributed by atoms with Crippen LogP contribution in [0.4, 0.5) is 4.39 Å². The average Bonchev–Trinajstić information content (AvgIpc) is 3.07. The number of aromatic nitrogens is 2. The predicted octanol–water partition coefficient (Wildman–Crippen LogP) is 3.81. The Kier molecular flexibility index (Phi) is 5.46. The summed E-state index contributed by atoms with van der Waals surface area (Å²) in [5, 5.41) is 7.98. The lowest BCUT2D eigenvalue weighted by molar-refractivity contribution is -0.132. The van der Waals surface area contributed by atoms with Gasteiger partial charge < -0.3 is 9.32 Å². The Balaban J connectivity index is 1.55. The zero-order chi connectivity index (χ0) is 17.8. The van der Waals surface area contributed by atoms with Gasteiger partial charge in [-0.1, -0.05) is 19.1 Å². The van der Waals surface area contributed by atoms with Gasteiger partial charge in [-0.25, -0.2) is 4.39 Å². The number of rotatable bonds is 5. The monoisotopic (exact) mass is 345 g/mol. The van der Waals surface area contributed by atoms with Crippen molar-refractivity contribution in [2.45, 2.75) is 51.4 Å². The molecular formula is C19H24FN3O2. The van der Waals surface area contributed by atoms with E-state index in [1.807, 2.05) is 4.90 Å². The zero-order valence-electron chi connectivity index (χ0n) is 14.7. The third kappa shape index (κ3) is 4.24. The maximum absolute atomic E-state index is 13.1. The minimum atomic E-state index is -0.247. The summed E-state index contributed by atoms with van der Waals surface area (Å²) in [6.07, 6.45) is 3.02. The van der Waals surface area contributed by atoms with E-state index in [1.54, 1.807) is 19.1 Å². The van der Waals surface area contributed by atoms with Crippen LogP contribution in [0.15, 0.2) is 28.7 Å². The third-order valence-electron chi connectivity index (χ3n) is 4.99.